The van der Waals surface area contributed by atoms with Crippen molar-refractivity contribution in [1.82, 2.24) is 4.90 Å². The largest absolute Gasteiger partial charge is 0.481 e. The van der Waals surface area contributed by atoms with Crippen LogP contribution in [0.4, 0.5) is 0 Å². The Balaban J connectivity index is 2.70. The van der Waals surface area contributed by atoms with E-state index in [2.05, 4.69) is 6.07 Å². The van der Waals surface area contributed by atoms with Crippen LogP contribution < -0.4 is 0 Å². The van der Waals surface area contributed by atoms with Gasteiger partial charge in [0.05, 0.1) is 31.2 Å². The van der Waals surface area contributed by atoms with Gasteiger partial charge < -0.3 is 9.84 Å². The summed E-state index contributed by atoms with van der Waals surface area (Å²) in [4.78, 5) is 12.7. The Morgan fingerprint density at radius 1 is 1.73 bits per heavy atom. The van der Waals surface area contributed by atoms with E-state index in [9.17, 15) is 4.79 Å². The molecule has 3 atom stereocenters. The van der Waals surface area contributed by atoms with E-state index >= 15 is 0 Å². The van der Waals surface area contributed by atoms with Crippen molar-refractivity contribution in [3.8, 4) is 6.07 Å². The fourth-order valence-electron chi connectivity index (χ4n) is 1.88. The minimum atomic E-state index is -0.850. The molecule has 0 spiro atoms. The molecule has 84 valence electrons. The van der Waals surface area contributed by atoms with Gasteiger partial charge >= 0.3 is 5.97 Å². The van der Waals surface area contributed by atoms with E-state index in [1.54, 1.807) is 7.05 Å². The highest BCUT2D eigenvalue weighted by atomic mass is 16.5. The maximum Gasteiger partial charge on any atom is 0.310 e. The summed E-state index contributed by atoms with van der Waals surface area (Å²) in [6.07, 6.45) is 0.690. The third-order valence-corrected chi connectivity index (χ3v) is 2.92. The second kappa shape index (κ2) is 5.10. The average molecular weight is 212 g/mol. The van der Waals surface area contributed by atoms with Crippen molar-refractivity contribution in [1.29, 1.82) is 5.26 Å². The third kappa shape index (κ3) is 2.46. The molecule has 0 saturated carbocycles. The number of carbonyl (C=O) groups is 1. The molecule has 0 aliphatic carbocycles. The van der Waals surface area contributed by atoms with Crippen LogP contribution in [0.1, 0.15) is 13.3 Å². The Morgan fingerprint density at radius 2 is 2.40 bits per heavy atom. The first kappa shape index (κ1) is 12.0. The molecule has 1 N–H and O–H groups in total. The van der Waals surface area contributed by atoms with Crippen LogP contribution in [0.2, 0.25) is 0 Å². The molecule has 0 aromatic rings. The topological polar surface area (TPSA) is 73.6 Å². The number of aliphatic carboxylic acids is 1. The first-order valence-electron chi connectivity index (χ1n) is 5.03. The Labute approximate surface area is 89.2 Å². The lowest BCUT2D eigenvalue weighted by Crippen LogP contribution is -2.45. The van der Waals surface area contributed by atoms with Gasteiger partial charge in [-0.3, -0.25) is 9.69 Å². The number of rotatable bonds is 4. The van der Waals surface area contributed by atoms with Gasteiger partial charge in [-0.25, -0.2) is 0 Å². The minimum absolute atomic E-state index is 0.188. The van der Waals surface area contributed by atoms with Gasteiger partial charge in [0.25, 0.3) is 0 Å². The summed E-state index contributed by atoms with van der Waals surface area (Å²) in [5.74, 6) is -1.37. The predicted octanol–water partition coefficient (Wildman–Crippen LogP) is 0.320. The van der Waals surface area contributed by atoms with E-state index in [0.717, 1.165) is 0 Å². The highest BCUT2D eigenvalue weighted by Crippen LogP contribution is 2.21. The second-order valence-electron chi connectivity index (χ2n) is 3.77. The van der Waals surface area contributed by atoms with Crippen molar-refractivity contribution < 1.29 is 14.6 Å². The minimum Gasteiger partial charge on any atom is -0.481 e. The van der Waals surface area contributed by atoms with Gasteiger partial charge in [-0.2, -0.15) is 5.26 Å². The monoisotopic (exact) mass is 212 g/mol. The summed E-state index contributed by atoms with van der Waals surface area (Å²) in [5, 5.41) is 17.9. The van der Waals surface area contributed by atoms with Crippen LogP contribution in [-0.4, -0.2) is 48.3 Å². The molecule has 5 nitrogen and oxygen atoms in total. The van der Waals surface area contributed by atoms with Crippen LogP contribution in [-0.2, 0) is 9.53 Å². The van der Waals surface area contributed by atoms with Crippen molar-refractivity contribution >= 4 is 5.97 Å². The summed E-state index contributed by atoms with van der Waals surface area (Å²) >= 11 is 0. The van der Waals surface area contributed by atoms with Crippen LogP contribution in [0.5, 0.6) is 0 Å². The molecule has 1 saturated heterocycles. The molecule has 1 rings (SSSR count). The summed E-state index contributed by atoms with van der Waals surface area (Å²) in [6, 6.07) is 1.74. The molecular formula is C10H16N2O3. The van der Waals surface area contributed by atoms with E-state index in [-0.39, 0.29) is 18.7 Å². The van der Waals surface area contributed by atoms with Crippen molar-refractivity contribution in [2.75, 3.05) is 20.3 Å². The average Bonchev–Trinajstić information content (AvgIpc) is 2.67. The fraction of sp³-hybridized carbons (Fsp3) is 0.800. The fourth-order valence-corrected chi connectivity index (χ4v) is 1.88. The van der Waals surface area contributed by atoms with E-state index < -0.39 is 11.9 Å². The van der Waals surface area contributed by atoms with Crippen LogP contribution in [0.15, 0.2) is 0 Å². The molecule has 1 heterocycles. The predicted molar refractivity (Wildman–Crippen MR) is 53.2 cm³/mol. The molecule has 0 aromatic carbocycles. The van der Waals surface area contributed by atoms with Gasteiger partial charge in [-0.05, 0) is 13.5 Å². The summed E-state index contributed by atoms with van der Waals surface area (Å²) in [7, 11) is 1.78. The van der Waals surface area contributed by atoms with Crippen LogP contribution in [0.25, 0.3) is 0 Å². The van der Waals surface area contributed by atoms with Gasteiger partial charge in [0.2, 0.25) is 0 Å². The standard InChI is InChI=1S/C10H16N2O3/c1-3-7(4-11)12(2)9-6-15-5-8(9)10(13)14/h7-9H,3,5-6H2,1-2H3,(H,13,14). The van der Waals surface area contributed by atoms with Crippen LogP contribution >= 0.6 is 0 Å². The zero-order valence-electron chi connectivity index (χ0n) is 9.01. The Kier molecular flexibility index (Phi) is 4.06. The number of carboxylic acid groups (broad SMARTS) is 1. The normalized spacial score (nSPS) is 27.6. The molecule has 0 radical (unpaired) electrons. The lowest BCUT2D eigenvalue weighted by atomic mass is 10.0. The number of hydrogen-bond acceptors (Lipinski definition) is 4. The SMILES string of the molecule is CCC(C#N)N(C)C1COCC1C(=O)O. The van der Waals surface area contributed by atoms with Crippen LogP contribution in [0, 0.1) is 17.2 Å². The molecule has 1 fully saturated rings. The smallest absolute Gasteiger partial charge is 0.310 e. The number of nitrogens with zero attached hydrogens (tertiary/aromatic N) is 2. The van der Waals surface area contributed by atoms with Gasteiger partial charge in [-0.15, -0.1) is 0 Å². The number of hydrogen-bond donors (Lipinski definition) is 1. The highest BCUT2D eigenvalue weighted by Gasteiger charge is 2.38. The summed E-state index contributed by atoms with van der Waals surface area (Å²) in [5.41, 5.74) is 0. The first-order valence-corrected chi connectivity index (χ1v) is 5.03. The van der Waals surface area contributed by atoms with Gasteiger partial charge in [-0.1, -0.05) is 6.92 Å². The highest BCUT2D eigenvalue weighted by molar-refractivity contribution is 5.71. The number of carboxylic acids is 1. The molecule has 1 aliphatic heterocycles. The van der Waals surface area contributed by atoms with E-state index in [1.807, 2.05) is 11.8 Å². The maximum atomic E-state index is 10.9. The zero-order valence-corrected chi connectivity index (χ0v) is 9.01. The summed E-state index contributed by atoms with van der Waals surface area (Å²) in [6.45, 7) is 2.55. The lowest BCUT2D eigenvalue weighted by Gasteiger charge is -2.29. The Morgan fingerprint density at radius 3 is 2.87 bits per heavy atom. The third-order valence-electron chi connectivity index (χ3n) is 2.92. The number of nitriles is 1. The van der Waals surface area contributed by atoms with Crippen LogP contribution in [0.3, 0.4) is 0 Å². The van der Waals surface area contributed by atoms with E-state index in [1.165, 1.54) is 0 Å². The quantitative estimate of drug-likeness (QED) is 0.726. The van der Waals surface area contributed by atoms with E-state index in [4.69, 9.17) is 15.1 Å². The van der Waals surface area contributed by atoms with Gasteiger partial charge in [0.1, 0.15) is 0 Å². The number of likely N-dealkylation sites (N-methyl/N-ethyl adjacent to an activating group) is 1. The molecule has 3 unspecified atom stereocenters. The second-order valence-corrected chi connectivity index (χ2v) is 3.77. The Hall–Kier alpha value is -1.12. The first-order chi connectivity index (χ1) is 7.11. The lowest BCUT2D eigenvalue weighted by molar-refractivity contribution is -0.143. The molecular weight excluding hydrogens is 196 g/mol. The molecule has 0 aromatic heterocycles. The van der Waals surface area contributed by atoms with Crippen molar-refractivity contribution in [3.05, 3.63) is 0 Å². The molecule has 1 aliphatic rings. The molecule has 15 heavy (non-hydrogen) atoms. The van der Waals surface area contributed by atoms with Gasteiger partial charge in [0, 0.05) is 6.04 Å². The number of ether oxygens (including phenoxy) is 1. The summed E-state index contributed by atoms with van der Waals surface area (Å²) < 4.78 is 5.16. The molecule has 0 amide bonds. The molecule has 5 heteroatoms. The zero-order chi connectivity index (χ0) is 11.4. The van der Waals surface area contributed by atoms with E-state index in [0.29, 0.717) is 13.0 Å². The Bertz CT molecular complexity index is 274. The maximum absolute atomic E-state index is 10.9. The van der Waals surface area contributed by atoms with Crippen molar-refractivity contribution in [2.45, 2.75) is 25.4 Å². The van der Waals surface area contributed by atoms with Gasteiger partial charge in [0.15, 0.2) is 0 Å². The van der Waals surface area contributed by atoms with Crippen molar-refractivity contribution in [2.24, 2.45) is 5.92 Å². The van der Waals surface area contributed by atoms with Crippen molar-refractivity contribution in [3.63, 3.8) is 0 Å². The molecule has 0 bridgehead atoms.